The van der Waals surface area contributed by atoms with E-state index in [2.05, 4.69) is 9.97 Å². The minimum atomic E-state index is -0.988. The van der Waals surface area contributed by atoms with Gasteiger partial charge in [0.15, 0.2) is 0 Å². The van der Waals surface area contributed by atoms with Gasteiger partial charge in [-0.2, -0.15) is 0 Å². The second-order valence-corrected chi connectivity index (χ2v) is 6.49. The van der Waals surface area contributed by atoms with E-state index in [1.807, 2.05) is 24.3 Å². The van der Waals surface area contributed by atoms with Crippen LogP contribution in [0.1, 0.15) is 21.7 Å². The van der Waals surface area contributed by atoms with Gasteiger partial charge in [0, 0.05) is 13.1 Å². The van der Waals surface area contributed by atoms with E-state index in [-0.39, 0.29) is 11.5 Å². The summed E-state index contributed by atoms with van der Waals surface area (Å²) in [6.07, 6.45) is 1.74. The number of benzene rings is 2. The Bertz CT molecular complexity index is 1010. The van der Waals surface area contributed by atoms with Crippen LogP contribution in [-0.2, 0) is 9.53 Å². The highest BCUT2D eigenvalue weighted by atomic mass is 16.5. The summed E-state index contributed by atoms with van der Waals surface area (Å²) in [5.74, 6) is -0.637. The third-order valence-corrected chi connectivity index (χ3v) is 4.64. The Balaban J connectivity index is 1.75. The summed E-state index contributed by atoms with van der Waals surface area (Å²) in [5, 5.41) is 9.07. The number of carboxylic acids is 1. The zero-order valence-corrected chi connectivity index (χ0v) is 15.1. The molecule has 1 aliphatic heterocycles. The molecule has 0 saturated carbocycles. The van der Waals surface area contributed by atoms with Crippen LogP contribution in [0.3, 0.4) is 0 Å². The number of hydrogen-bond donors (Lipinski definition) is 2. The second-order valence-electron chi connectivity index (χ2n) is 6.49. The Morgan fingerprint density at radius 3 is 2.46 bits per heavy atom. The number of nitrogens with one attached hydrogen (secondary N) is 1. The number of morpholine rings is 1. The topological polar surface area (TPSA) is 95.5 Å². The van der Waals surface area contributed by atoms with E-state index in [1.54, 1.807) is 23.1 Å². The van der Waals surface area contributed by atoms with E-state index < -0.39 is 5.97 Å². The SMILES string of the molecule is O=C(O)c1ccc(C=C(C(=O)N2CCOCC2)c2nc3ccccc3[nH]2)cc1. The molecule has 1 amide bonds. The molecule has 142 valence electrons. The second kappa shape index (κ2) is 7.66. The lowest BCUT2D eigenvalue weighted by atomic mass is 10.1. The monoisotopic (exact) mass is 377 g/mol. The van der Waals surface area contributed by atoms with Gasteiger partial charge in [-0.3, -0.25) is 4.79 Å². The molecule has 0 unspecified atom stereocenters. The first kappa shape index (κ1) is 17.9. The Morgan fingerprint density at radius 1 is 1.07 bits per heavy atom. The molecule has 0 atom stereocenters. The van der Waals surface area contributed by atoms with E-state index >= 15 is 0 Å². The third-order valence-electron chi connectivity index (χ3n) is 4.64. The molecule has 0 aliphatic carbocycles. The molecule has 2 aromatic carbocycles. The predicted molar refractivity (Wildman–Crippen MR) is 105 cm³/mol. The average Bonchev–Trinajstić information content (AvgIpc) is 3.16. The van der Waals surface area contributed by atoms with Crippen molar-refractivity contribution in [3.05, 3.63) is 65.5 Å². The highest BCUT2D eigenvalue weighted by molar-refractivity contribution is 6.23. The van der Waals surface area contributed by atoms with Gasteiger partial charge in [-0.05, 0) is 35.9 Å². The van der Waals surface area contributed by atoms with Gasteiger partial charge < -0.3 is 19.7 Å². The van der Waals surface area contributed by atoms with E-state index in [1.165, 1.54) is 12.1 Å². The number of aromatic amines is 1. The van der Waals surface area contributed by atoms with Crippen LogP contribution >= 0.6 is 0 Å². The van der Waals surface area contributed by atoms with Gasteiger partial charge in [-0.1, -0.05) is 24.3 Å². The molecule has 7 heteroatoms. The molecule has 1 aliphatic rings. The average molecular weight is 377 g/mol. The van der Waals surface area contributed by atoms with Gasteiger partial charge in [0.2, 0.25) is 0 Å². The van der Waals surface area contributed by atoms with Gasteiger partial charge in [0.05, 0.1) is 35.4 Å². The number of hydrogen-bond acceptors (Lipinski definition) is 4. The molecule has 2 heterocycles. The van der Waals surface area contributed by atoms with Crippen molar-refractivity contribution in [2.45, 2.75) is 0 Å². The predicted octanol–water partition coefficient (Wildman–Crippen LogP) is 2.66. The molecule has 4 rings (SSSR count). The first-order chi connectivity index (χ1) is 13.6. The first-order valence-electron chi connectivity index (χ1n) is 8.99. The van der Waals surface area contributed by atoms with Crippen LogP contribution in [0.2, 0.25) is 0 Å². The minimum absolute atomic E-state index is 0.135. The molecule has 1 saturated heterocycles. The summed E-state index contributed by atoms with van der Waals surface area (Å²) in [7, 11) is 0. The van der Waals surface area contributed by atoms with Gasteiger partial charge in [0.25, 0.3) is 5.91 Å². The molecule has 1 aromatic heterocycles. The van der Waals surface area contributed by atoms with Crippen LogP contribution in [0.5, 0.6) is 0 Å². The van der Waals surface area contributed by atoms with Crippen molar-refractivity contribution < 1.29 is 19.4 Å². The smallest absolute Gasteiger partial charge is 0.335 e. The fourth-order valence-electron chi connectivity index (χ4n) is 3.14. The van der Waals surface area contributed by atoms with Gasteiger partial charge in [0.1, 0.15) is 5.82 Å². The van der Waals surface area contributed by atoms with Crippen molar-refractivity contribution in [1.82, 2.24) is 14.9 Å². The summed E-state index contributed by atoms with van der Waals surface area (Å²) in [5.41, 5.74) is 2.98. The first-order valence-corrected chi connectivity index (χ1v) is 8.99. The third kappa shape index (κ3) is 3.65. The number of rotatable bonds is 4. The summed E-state index contributed by atoms with van der Waals surface area (Å²) in [6, 6.07) is 14.0. The number of nitrogens with zero attached hydrogens (tertiary/aromatic N) is 2. The molecule has 28 heavy (non-hydrogen) atoms. The number of carbonyl (C=O) groups excluding carboxylic acids is 1. The summed E-state index contributed by atoms with van der Waals surface area (Å²) in [4.78, 5) is 33.8. The fourth-order valence-corrected chi connectivity index (χ4v) is 3.14. The molecule has 0 bridgehead atoms. The maximum Gasteiger partial charge on any atom is 0.335 e. The van der Waals surface area contributed by atoms with E-state index in [4.69, 9.17) is 9.84 Å². The normalized spacial score (nSPS) is 15.0. The molecular formula is C21H19N3O4. The number of fused-ring (bicyclic) bond motifs is 1. The maximum atomic E-state index is 13.2. The summed E-state index contributed by atoms with van der Waals surface area (Å²) in [6.45, 7) is 2.06. The van der Waals surface area contributed by atoms with Crippen LogP contribution in [0.4, 0.5) is 0 Å². The van der Waals surface area contributed by atoms with Crippen LogP contribution in [0, 0.1) is 0 Å². The number of carboxylic acid groups (broad SMARTS) is 1. The fraction of sp³-hybridized carbons (Fsp3) is 0.190. The molecular weight excluding hydrogens is 358 g/mol. The van der Waals surface area contributed by atoms with Gasteiger partial charge in [-0.15, -0.1) is 0 Å². The summed E-state index contributed by atoms with van der Waals surface area (Å²) < 4.78 is 5.34. The Hall–Kier alpha value is -3.45. The quantitative estimate of drug-likeness (QED) is 0.682. The number of ether oxygens (including phenoxy) is 1. The van der Waals surface area contributed by atoms with Gasteiger partial charge in [-0.25, -0.2) is 9.78 Å². The van der Waals surface area contributed by atoms with Crippen molar-refractivity contribution in [1.29, 1.82) is 0 Å². The summed E-state index contributed by atoms with van der Waals surface area (Å²) >= 11 is 0. The molecule has 2 N–H and O–H groups in total. The van der Waals surface area contributed by atoms with Crippen molar-refractivity contribution in [3.63, 3.8) is 0 Å². The lowest BCUT2D eigenvalue weighted by Crippen LogP contribution is -2.41. The minimum Gasteiger partial charge on any atom is -0.478 e. The Labute approximate surface area is 161 Å². The molecule has 7 nitrogen and oxygen atoms in total. The van der Waals surface area contributed by atoms with E-state index in [0.29, 0.717) is 37.7 Å². The van der Waals surface area contributed by atoms with Gasteiger partial charge >= 0.3 is 5.97 Å². The number of H-pyrrole nitrogens is 1. The number of aromatic carboxylic acids is 1. The molecule has 3 aromatic rings. The standard InChI is InChI=1S/C21H19N3O4/c25-20(24-9-11-28-12-10-24)16(13-14-5-7-15(8-6-14)21(26)27)19-22-17-3-1-2-4-18(17)23-19/h1-8,13H,9-12H2,(H,22,23)(H,26,27). The maximum absolute atomic E-state index is 13.2. The molecule has 0 radical (unpaired) electrons. The highest BCUT2D eigenvalue weighted by Gasteiger charge is 2.24. The lowest BCUT2D eigenvalue weighted by molar-refractivity contribution is -0.128. The highest BCUT2D eigenvalue weighted by Crippen LogP contribution is 2.22. The van der Waals surface area contributed by atoms with Crippen molar-refractivity contribution in [2.75, 3.05) is 26.3 Å². The van der Waals surface area contributed by atoms with Crippen LogP contribution < -0.4 is 0 Å². The molecule has 1 fully saturated rings. The lowest BCUT2D eigenvalue weighted by Gasteiger charge is -2.27. The number of para-hydroxylation sites is 2. The zero-order valence-electron chi connectivity index (χ0n) is 15.1. The number of aromatic nitrogens is 2. The number of amides is 1. The number of imidazole rings is 1. The van der Waals surface area contributed by atoms with Crippen LogP contribution in [0.15, 0.2) is 48.5 Å². The number of carbonyl (C=O) groups is 2. The van der Waals surface area contributed by atoms with Crippen LogP contribution in [-0.4, -0.2) is 58.2 Å². The van der Waals surface area contributed by atoms with Crippen molar-refractivity contribution in [3.8, 4) is 0 Å². The Morgan fingerprint density at radius 2 is 1.79 bits per heavy atom. The van der Waals surface area contributed by atoms with E-state index in [9.17, 15) is 9.59 Å². The van der Waals surface area contributed by atoms with Crippen LogP contribution in [0.25, 0.3) is 22.7 Å². The van der Waals surface area contributed by atoms with E-state index in [0.717, 1.165) is 16.6 Å². The largest absolute Gasteiger partial charge is 0.478 e. The Kier molecular flexibility index (Phi) is 4.90. The zero-order chi connectivity index (χ0) is 19.5. The molecule has 0 spiro atoms. The van der Waals surface area contributed by atoms with Crippen molar-refractivity contribution >= 4 is 34.6 Å². The van der Waals surface area contributed by atoms with Crippen molar-refractivity contribution in [2.24, 2.45) is 0 Å².